The Kier molecular flexibility index (Phi) is 13.2. The molecule has 0 N–H and O–H groups in total. The first kappa shape index (κ1) is 28.8. The molecule has 162 valence electrons. The zero-order valence-corrected chi connectivity index (χ0v) is 21.3. The molecule has 0 aromatic heterocycles. The van der Waals surface area contributed by atoms with Crippen LogP contribution in [0.2, 0.25) is 0 Å². The van der Waals surface area contributed by atoms with E-state index in [1.54, 1.807) is 0 Å². The van der Waals surface area contributed by atoms with E-state index in [1.165, 1.54) is 5.56 Å². The Hall–Kier alpha value is -0.190. The summed E-state index contributed by atoms with van der Waals surface area (Å²) in [6, 6.07) is 8.18. The molecule has 0 radical (unpaired) electrons. The zero-order chi connectivity index (χ0) is 21.3. The van der Waals surface area contributed by atoms with Gasteiger partial charge >= 0.3 is 29.6 Å². The summed E-state index contributed by atoms with van der Waals surface area (Å²) in [6.45, 7) is 12.4. The summed E-state index contributed by atoms with van der Waals surface area (Å²) in [5.74, 6) is 0.797. The molecule has 0 aliphatic heterocycles. The van der Waals surface area contributed by atoms with Gasteiger partial charge < -0.3 is 18.8 Å². The van der Waals surface area contributed by atoms with Gasteiger partial charge in [-0.15, -0.1) is 0 Å². The van der Waals surface area contributed by atoms with Crippen molar-refractivity contribution in [1.29, 1.82) is 0 Å². The van der Waals surface area contributed by atoms with Crippen molar-refractivity contribution in [2.75, 3.05) is 39.6 Å². The molecule has 0 aliphatic carbocycles. The van der Waals surface area contributed by atoms with Gasteiger partial charge in [0.25, 0.3) is 0 Å². The summed E-state index contributed by atoms with van der Waals surface area (Å²) < 4.78 is 50.7. The number of hydrogen-bond donors (Lipinski definition) is 0. The van der Waals surface area contributed by atoms with E-state index in [0.29, 0.717) is 19.8 Å². The van der Waals surface area contributed by atoms with E-state index < -0.39 is 10.4 Å². The van der Waals surface area contributed by atoms with E-state index >= 15 is 0 Å². The van der Waals surface area contributed by atoms with Crippen molar-refractivity contribution < 1.29 is 60.9 Å². The fraction of sp³-hybridized carbons (Fsp3) is 0.700. The quantitative estimate of drug-likeness (QED) is 0.188. The zero-order valence-electron chi connectivity index (χ0n) is 18.5. The smallest absolute Gasteiger partial charge is 0.726 e. The molecule has 1 aromatic rings. The van der Waals surface area contributed by atoms with Gasteiger partial charge in [0, 0.05) is 0 Å². The van der Waals surface area contributed by atoms with Gasteiger partial charge in [0.2, 0.25) is 10.4 Å². The maximum absolute atomic E-state index is 10.2. The molecule has 29 heavy (non-hydrogen) atoms. The van der Waals surface area contributed by atoms with Crippen LogP contribution in [0, 0.1) is 5.41 Å². The SMILES string of the molecule is CC(C)(C)CC(C)(C)c1ccc(OCCOCCOCCOS(=O)(=O)[O-])cc1.[Na+]. The Balaban J connectivity index is 0.00000784. The van der Waals surface area contributed by atoms with Crippen LogP contribution in [0.4, 0.5) is 0 Å². The van der Waals surface area contributed by atoms with Crippen LogP contribution in [0.5, 0.6) is 5.75 Å². The molecular formula is C20H33NaO7S. The third-order valence-corrected chi connectivity index (χ3v) is 4.39. The van der Waals surface area contributed by atoms with Crippen LogP contribution in [-0.4, -0.2) is 52.6 Å². The van der Waals surface area contributed by atoms with Crippen molar-refractivity contribution in [2.45, 2.75) is 46.5 Å². The van der Waals surface area contributed by atoms with E-state index in [-0.39, 0.29) is 60.2 Å². The van der Waals surface area contributed by atoms with E-state index in [4.69, 9.17) is 14.2 Å². The van der Waals surface area contributed by atoms with Gasteiger partial charge in [-0.1, -0.05) is 46.8 Å². The number of ether oxygens (including phenoxy) is 3. The van der Waals surface area contributed by atoms with Crippen molar-refractivity contribution in [3.8, 4) is 5.75 Å². The summed E-state index contributed by atoms with van der Waals surface area (Å²) >= 11 is 0. The van der Waals surface area contributed by atoms with Gasteiger partial charge in [0.15, 0.2) is 0 Å². The van der Waals surface area contributed by atoms with Crippen LogP contribution >= 0.6 is 0 Å². The Morgan fingerprint density at radius 2 is 1.31 bits per heavy atom. The molecule has 0 heterocycles. The molecule has 0 spiro atoms. The van der Waals surface area contributed by atoms with Gasteiger partial charge in [-0.25, -0.2) is 8.42 Å². The first-order chi connectivity index (χ1) is 12.9. The minimum atomic E-state index is -4.65. The molecule has 1 rings (SSSR count). The Morgan fingerprint density at radius 3 is 1.79 bits per heavy atom. The summed E-state index contributed by atoms with van der Waals surface area (Å²) in [5.41, 5.74) is 1.65. The Bertz CT molecular complexity index is 667. The Labute approximate surface area is 197 Å². The molecule has 1 aromatic carbocycles. The molecule has 0 saturated carbocycles. The molecule has 0 amide bonds. The van der Waals surface area contributed by atoms with Gasteiger partial charge in [0.05, 0.1) is 33.0 Å². The minimum absolute atomic E-state index is 0. The molecule has 0 atom stereocenters. The monoisotopic (exact) mass is 440 g/mol. The van der Waals surface area contributed by atoms with Crippen molar-refractivity contribution in [3.63, 3.8) is 0 Å². The molecule has 0 saturated heterocycles. The first-order valence-corrected chi connectivity index (χ1v) is 10.7. The van der Waals surface area contributed by atoms with E-state index in [2.05, 4.69) is 50.9 Å². The van der Waals surface area contributed by atoms with Crippen LogP contribution in [0.25, 0.3) is 0 Å². The van der Waals surface area contributed by atoms with Gasteiger partial charge in [-0.2, -0.15) is 0 Å². The fourth-order valence-electron chi connectivity index (χ4n) is 3.17. The topological polar surface area (TPSA) is 94.1 Å². The van der Waals surface area contributed by atoms with E-state index in [1.807, 2.05) is 12.1 Å². The van der Waals surface area contributed by atoms with Crippen molar-refractivity contribution in [3.05, 3.63) is 29.8 Å². The third-order valence-electron chi connectivity index (χ3n) is 3.93. The molecule has 0 fully saturated rings. The summed E-state index contributed by atoms with van der Waals surface area (Å²) in [7, 11) is -4.65. The van der Waals surface area contributed by atoms with Crippen LogP contribution in [0.3, 0.4) is 0 Å². The number of hydrogen-bond acceptors (Lipinski definition) is 7. The van der Waals surface area contributed by atoms with Gasteiger partial charge in [0.1, 0.15) is 12.4 Å². The maximum Gasteiger partial charge on any atom is 1.00 e. The predicted octanol–water partition coefficient (Wildman–Crippen LogP) is 0.293. The second kappa shape index (κ2) is 13.3. The van der Waals surface area contributed by atoms with Crippen molar-refractivity contribution in [2.24, 2.45) is 5.41 Å². The second-order valence-corrected chi connectivity index (χ2v) is 9.50. The summed E-state index contributed by atoms with van der Waals surface area (Å²) in [5, 5.41) is 0. The number of benzene rings is 1. The summed E-state index contributed by atoms with van der Waals surface area (Å²) in [6.07, 6.45) is 1.09. The average Bonchev–Trinajstić information content (AvgIpc) is 2.54. The minimum Gasteiger partial charge on any atom is -0.726 e. The van der Waals surface area contributed by atoms with Crippen LogP contribution in [0.15, 0.2) is 24.3 Å². The second-order valence-electron chi connectivity index (χ2n) is 8.45. The molecule has 0 aliphatic rings. The largest absolute Gasteiger partial charge is 1.00 e. The first-order valence-electron chi connectivity index (χ1n) is 9.38. The Morgan fingerprint density at radius 1 is 0.828 bits per heavy atom. The molecule has 9 heteroatoms. The standard InChI is InChI=1S/C20H34O7S.Na/c1-19(2,3)16-20(4,5)17-6-8-18(9-7-17)26-14-12-24-10-11-25-13-15-27-28(21,22)23;/h6-9H,10-16H2,1-5H3,(H,21,22,23);/q;+1/p-1. The number of rotatable bonds is 13. The molecule has 0 unspecified atom stereocenters. The summed E-state index contributed by atoms with van der Waals surface area (Å²) in [4.78, 5) is 0. The third kappa shape index (κ3) is 14.4. The van der Waals surface area contributed by atoms with Crippen LogP contribution < -0.4 is 34.3 Å². The van der Waals surface area contributed by atoms with Gasteiger partial charge in [-0.05, 0) is 34.9 Å². The van der Waals surface area contributed by atoms with E-state index in [0.717, 1.165) is 12.2 Å². The molecule has 7 nitrogen and oxygen atoms in total. The maximum atomic E-state index is 10.2. The van der Waals surface area contributed by atoms with Crippen LogP contribution in [-0.2, 0) is 29.5 Å². The normalized spacial score (nSPS) is 12.5. The van der Waals surface area contributed by atoms with Gasteiger partial charge in [-0.3, -0.25) is 4.18 Å². The molecular weight excluding hydrogens is 407 g/mol. The molecule has 0 bridgehead atoms. The van der Waals surface area contributed by atoms with Crippen molar-refractivity contribution >= 4 is 10.4 Å². The van der Waals surface area contributed by atoms with Crippen molar-refractivity contribution in [1.82, 2.24) is 0 Å². The van der Waals surface area contributed by atoms with Crippen LogP contribution in [0.1, 0.15) is 46.6 Å². The van der Waals surface area contributed by atoms with E-state index in [9.17, 15) is 13.0 Å². The predicted molar refractivity (Wildman–Crippen MR) is 106 cm³/mol. The average molecular weight is 441 g/mol. The fourth-order valence-corrected chi connectivity index (χ4v) is 3.44.